The second-order valence-corrected chi connectivity index (χ2v) is 3.32. The number of nitrogens with zero attached hydrogens (tertiary/aromatic N) is 2. The molecule has 0 aliphatic carbocycles. The van der Waals surface area contributed by atoms with Crippen LogP contribution in [0.1, 0.15) is 0 Å². The molecule has 0 saturated carbocycles. The van der Waals surface area contributed by atoms with Gasteiger partial charge in [-0.2, -0.15) is 0 Å². The minimum absolute atomic E-state index is 0.250. The van der Waals surface area contributed by atoms with Crippen molar-refractivity contribution in [1.82, 2.24) is 9.55 Å². The highest BCUT2D eigenvalue weighted by Crippen LogP contribution is 2.15. The molecule has 0 aliphatic rings. The van der Waals surface area contributed by atoms with Crippen LogP contribution >= 0.6 is 0 Å². The molecule has 0 radical (unpaired) electrons. The van der Waals surface area contributed by atoms with Crippen LogP contribution in [0.4, 0.5) is 16.0 Å². The first kappa shape index (κ1) is 10.4. The number of halogens is 1. The van der Waals surface area contributed by atoms with Crippen LogP contribution in [0.25, 0.3) is 0 Å². The molecule has 0 aliphatic heterocycles. The Balaban J connectivity index is 2.16. The Hall–Kier alpha value is -2.10. The third kappa shape index (κ3) is 2.28. The van der Waals surface area contributed by atoms with Gasteiger partial charge in [0.2, 0.25) is 5.95 Å². The molecule has 0 atom stereocenters. The lowest BCUT2D eigenvalue weighted by Crippen LogP contribution is -2.01. The Morgan fingerprint density at radius 2 is 2.12 bits per heavy atom. The molecule has 4 heteroatoms. The summed E-state index contributed by atoms with van der Waals surface area (Å²) < 4.78 is 14.6. The fraction of sp³-hybridized carbons (Fsp3) is 0.0833. The Kier molecular flexibility index (Phi) is 3.00. The first-order valence-electron chi connectivity index (χ1n) is 4.94. The van der Waals surface area contributed by atoms with E-state index in [0.29, 0.717) is 12.5 Å². The lowest BCUT2D eigenvalue weighted by atomic mass is 10.3. The fourth-order valence-electron chi connectivity index (χ4n) is 1.38. The van der Waals surface area contributed by atoms with Gasteiger partial charge >= 0.3 is 0 Å². The Labute approximate surface area is 93.2 Å². The van der Waals surface area contributed by atoms with Crippen LogP contribution in [-0.4, -0.2) is 9.55 Å². The molecule has 2 rings (SSSR count). The number of rotatable bonds is 4. The van der Waals surface area contributed by atoms with Crippen molar-refractivity contribution < 1.29 is 4.39 Å². The molecule has 82 valence electrons. The number of hydrogen-bond donors (Lipinski definition) is 1. The first-order valence-corrected chi connectivity index (χ1v) is 4.94. The van der Waals surface area contributed by atoms with Crippen molar-refractivity contribution in [3.05, 3.63) is 55.1 Å². The van der Waals surface area contributed by atoms with Crippen molar-refractivity contribution in [2.45, 2.75) is 6.54 Å². The highest BCUT2D eigenvalue weighted by atomic mass is 19.1. The molecule has 2 aromatic rings. The lowest BCUT2D eigenvalue weighted by Gasteiger charge is -2.07. The maximum atomic E-state index is 12.7. The molecule has 1 aromatic heterocycles. The largest absolute Gasteiger partial charge is 0.326 e. The number of imidazole rings is 1. The lowest BCUT2D eigenvalue weighted by molar-refractivity contribution is 0.628. The van der Waals surface area contributed by atoms with Crippen molar-refractivity contribution >= 4 is 11.6 Å². The molecular formula is C12H12FN3. The number of benzene rings is 1. The fourth-order valence-corrected chi connectivity index (χ4v) is 1.38. The molecule has 1 N–H and O–H groups in total. The Bertz CT molecular complexity index is 473. The number of anilines is 2. The monoisotopic (exact) mass is 217 g/mol. The van der Waals surface area contributed by atoms with Crippen LogP contribution in [0, 0.1) is 5.82 Å². The molecule has 0 saturated heterocycles. The summed E-state index contributed by atoms with van der Waals surface area (Å²) in [5.41, 5.74) is 0.804. The van der Waals surface area contributed by atoms with E-state index in [0.717, 1.165) is 5.69 Å². The maximum absolute atomic E-state index is 12.7. The van der Waals surface area contributed by atoms with Crippen LogP contribution in [0.2, 0.25) is 0 Å². The predicted octanol–water partition coefficient (Wildman–Crippen LogP) is 2.95. The first-order chi connectivity index (χ1) is 7.79. The van der Waals surface area contributed by atoms with Gasteiger partial charge in [-0.15, -0.1) is 6.58 Å². The maximum Gasteiger partial charge on any atom is 0.207 e. The van der Waals surface area contributed by atoms with Gasteiger partial charge in [0.25, 0.3) is 0 Å². The second kappa shape index (κ2) is 4.61. The Morgan fingerprint density at radius 1 is 1.38 bits per heavy atom. The molecule has 3 nitrogen and oxygen atoms in total. The summed E-state index contributed by atoms with van der Waals surface area (Å²) in [4.78, 5) is 4.16. The molecule has 0 unspecified atom stereocenters. The van der Waals surface area contributed by atoms with E-state index in [1.807, 2.05) is 10.8 Å². The third-order valence-corrected chi connectivity index (χ3v) is 2.14. The SMILES string of the molecule is C=CCn1ccnc1Nc1ccc(F)cc1. The Morgan fingerprint density at radius 3 is 2.81 bits per heavy atom. The standard InChI is InChI=1S/C12H12FN3/c1-2-8-16-9-7-14-12(16)15-11-5-3-10(13)4-6-11/h2-7,9H,1,8H2,(H,14,15). The normalized spacial score (nSPS) is 10.1. The van der Waals surface area contributed by atoms with Gasteiger partial charge in [0.15, 0.2) is 0 Å². The van der Waals surface area contributed by atoms with Crippen LogP contribution < -0.4 is 5.32 Å². The molecule has 0 amide bonds. The smallest absolute Gasteiger partial charge is 0.207 e. The summed E-state index contributed by atoms with van der Waals surface area (Å²) in [5, 5.41) is 3.10. The summed E-state index contributed by atoms with van der Waals surface area (Å²) in [6, 6.07) is 6.15. The predicted molar refractivity (Wildman–Crippen MR) is 62.1 cm³/mol. The zero-order valence-electron chi connectivity index (χ0n) is 8.73. The van der Waals surface area contributed by atoms with Gasteiger partial charge in [0.1, 0.15) is 5.82 Å². The third-order valence-electron chi connectivity index (χ3n) is 2.14. The summed E-state index contributed by atoms with van der Waals surface area (Å²) >= 11 is 0. The minimum atomic E-state index is -0.250. The van der Waals surface area contributed by atoms with Crippen LogP contribution in [0.15, 0.2) is 49.3 Å². The molecule has 0 bridgehead atoms. The number of hydrogen-bond acceptors (Lipinski definition) is 2. The van der Waals surface area contributed by atoms with Crippen molar-refractivity contribution in [1.29, 1.82) is 0 Å². The van der Waals surface area contributed by atoms with Crippen LogP contribution in [0.5, 0.6) is 0 Å². The molecule has 16 heavy (non-hydrogen) atoms. The molecular weight excluding hydrogens is 205 g/mol. The van der Waals surface area contributed by atoms with E-state index in [2.05, 4.69) is 16.9 Å². The van der Waals surface area contributed by atoms with Gasteiger partial charge in [-0.25, -0.2) is 9.37 Å². The van der Waals surface area contributed by atoms with E-state index < -0.39 is 0 Å². The van der Waals surface area contributed by atoms with Crippen molar-refractivity contribution in [2.24, 2.45) is 0 Å². The van der Waals surface area contributed by atoms with Gasteiger partial charge in [0, 0.05) is 24.6 Å². The van der Waals surface area contributed by atoms with Gasteiger partial charge in [-0.3, -0.25) is 0 Å². The highest BCUT2D eigenvalue weighted by molar-refractivity contribution is 5.53. The number of aromatic nitrogens is 2. The molecule has 1 heterocycles. The highest BCUT2D eigenvalue weighted by Gasteiger charge is 2.01. The number of nitrogens with one attached hydrogen (secondary N) is 1. The van der Waals surface area contributed by atoms with Gasteiger partial charge in [-0.05, 0) is 24.3 Å². The summed E-state index contributed by atoms with van der Waals surface area (Å²) in [7, 11) is 0. The van der Waals surface area contributed by atoms with Gasteiger partial charge < -0.3 is 9.88 Å². The minimum Gasteiger partial charge on any atom is -0.326 e. The van der Waals surface area contributed by atoms with Gasteiger partial charge in [0.05, 0.1) is 0 Å². The van der Waals surface area contributed by atoms with E-state index in [4.69, 9.17) is 0 Å². The summed E-state index contributed by atoms with van der Waals surface area (Å²) in [6.07, 6.45) is 5.35. The second-order valence-electron chi connectivity index (χ2n) is 3.32. The van der Waals surface area contributed by atoms with E-state index in [-0.39, 0.29) is 5.82 Å². The average molecular weight is 217 g/mol. The average Bonchev–Trinajstić information content (AvgIpc) is 2.70. The quantitative estimate of drug-likeness (QED) is 0.798. The van der Waals surface area contributed by atoms with Crippen LogP contribution in [0.3, 0.4) is 0 Å². The zero-order valence-corrected chi connectivity index (χ0v) is 8.73. The summed E-state index contributed by atoms with van der Waals surface area (Å²) in [6.45, 7) is 4.35. The molecule has 0 spiro atoms. The van der Waals surface area contributed by atoms with Crippen LogP contribution in [-0.2, 0) is 6.54 Å². The van der Waals surface area contributed by atoms with E-state index in [9.17, 15) is 4.39 Å². The van der Waals surface area contributed by atoms with E-state index in [1.54, 1.807) is 24.4 Å². The van der Waals surface area contributed by atoms with Crippen molar-refractivity contribution in [3.8, 4) is 0 Å². The van der Waals surface area contributed by atoms with Crippen molar-refractivity contribution in [3.63, 3.8) is 0 Å². The topological polar surface area (TPSA) is 29.9 Å². The molecule has 0 fully saturated rings. The van der Waals surface area contributed by atoms with E-state index in [1.165, 1.54) is 12.1 Å². The zero-order chi connectivity index (χ0) is 11.4. The summed E-state index contributed by atoms with van der Waals surface area (Å²) in [5.74, 6) is 0.464. The van der Waals surface area contributed by atoms with Gasteiger partial charge in [-0.1, -0.05) is 6.08 Å². The molecule has 1 aromatic carbocycles. The number of allylic oxidation sites excluding steroid dienone is 1. The van der Waals surface area contributed by atoms with E-state index >= 15 is 0 Å². The van der Waals surface area contributed by atoms with Crippen molar-refractivity contribution in [2.75, 3.05) is 5.32 Å².